The molecule has 1 aromatic rings. The monoisotopic (exact) mass is 349 g/mol. The molecule has 7 heteroatoms. The van der Waals surface area contributed by atoms with Crippen molar-refractivity contribution < 1.29 is 23.0 Å². The summed E-state index contributed by atoms with van der Waals surface area (Å²) in [7, 11) is 0. The molecule has 1 aromatic carbocycles. The lowest BCUT2D eigenvalue weighted by atomic mass is 10.1. The van der Waals surface area contributed by atoms with E-state index < -0.39 is 6.61 Å². The van der Waals surface area contributed by atoms with Crippen molar-refractivity contribution in [3.63, 3.8) is 0 Å². The van der Waals surface area contributed by atoms with Gasteiger partial charge >= 0.3 is 6.61 Å². The Morgan fingerprint density at radius 2 is 2.15 bits per heavy atom. The quantitative estimate of drug-likeness (QED) is 0.784. The SMILES string of the molecule is O=C(c1ccc(OC(F)F)cc1)N1CCOCC1CBr. The molecule has 1 aliphatic rings. The first kappa shape index (κ1) is 15.2. The highest BCUT2D eigenvalue weighted by Gasteiger charge is 2.27. The van der Waals surface area contributed by atoms with Gasteiger partial charge in [0, 0.05) is 17.4 Å². The van der Waals surface area contributed by atoms with Crippen LogP contribution < -0.4 is 4.74 Å². The van der Waals surface area contributed by atoms with Crippen molar-refractivity contribution >= 4 is 21.8 Å². The maximum absolute atomic E-state index is 12.4. The zero-order valence-electron chi connectivity index (χ0n) is 10.6. The Balaban J connectivity index is 2.08. The number of hydrogen-bond donors (Lipinski definition) is 0. The van der Waals surface area contributed by atoms with E-state index in [9.17, 15) is 13.6 Å². The molecule has 1 unspecified atom stereocenters. The molecule has 1 saturated heterocycles. The summed E-state index contributed by atoms with van der Waals surface area (Å²) in [6.45, 7) is -1.36. The number of rotatable bonds is 4. The molecule has 0 spiro atoms. The van der Waals surface area contributed by atoms with E-state index in [0.29, 0.717) is 30.7 Å². The van der Waals surface area contributed by atoms with E-state index in [4.69, 9.17) is 4.74 Å². The van der Waals surface area contributed by atoms with Crippen molar-refractivity contribution in [2.24, 2.45) is 0 Å². The lowest BCUT2D eigenvalue weighted by Gasteiger charge is -2.34. The number of amides is 1. The highest BCUT2D eigenvalue weighted by molar-refractivity contribution is 9.09. The van der Waals surface area contributed by atoms with Crippen molar-refractivity contribution in [1.29, 1.82) is 0 Å². The van der Waals surface area contributed by atoms with Gasteiger partial charge in [0.1, 0.15) is 5.75 Å². The lowest BCUT2D eigenvalue weighted by Crippen LogP contribution is -2.49. The zero-order valence-corrected chi connectivity index (χ0v) is 12.2. The van der Waals surface area contributed by atoms with Gasteiger partial charge in [-0.25, -0.2) is 0 Å². The summed E-state index contributed by atoms with van der Waals surface area (Å²) in [5.41, 5.74) is 0.444. The van der Waals surface area contributed by atoms with Crippen LogP contribution in [0.2, 0.25) is 0 Å². The minimum Gasteiger partial charge on any atom is -0.435 e. The van der Waals surface area contributed by atoms with E-state index >= 15 is 0 Å². The summed E-state index contributed by atoms with van der Waals surface area (Å²) < 4.78 is 33.7. The standard InChI is InChI=1S/C13H14BrF2NO3/c14-7-10-8-19-6-5-17(10)12(18)9-1-3-11(4-2-9)20-13(15)16/h1-4,10,13H,5-8H2. The van der Waals surface area contributed by atoms with E-state index in [1.165, 1.54) is 24.3 Å². The second-order valence-corrected chi connectivity index (χ2v) is 4.93. The first-order chi connectivity index (χ1) is 9.61. The van der Waals surface area contributed by atoms with Crippen molar-refractivity contribution in [2.75, 3.05) is 25.1 Å². The number of alkyl halides is 3. The van der Waals surface area contributed by atoms with Crippen LogP contribution in [0.15, 0.2) is 24.3 Å². The molecular weight excluding hydrogens is 336 g/mol. The number of carbonyl (C=O) groups is 1. The molecule has 2 rings (SSSR count). The average molecular weight is 350 g/mol. The second-order valence-electron chi connectivity index (χ2n) is 4.28. The first-order valence-electron chi connectivity index (χ1n) is 6.11. The Labute approximate surface area is 123 Å². The van der Waals surface area contributed by atoms with Gasteiger partial charge in [-0.15, -0.1) is 0 Å². The molecule has 1 fully saturated rings. The topological polar surface area (TPSA) is 38.8 Å². The predicted molar refractivity (Wildman–Crippen MR) is 72.5 cm³/mol. The van der Waals surface area contributed by atoms with Gasteiger partial charge < -0.3 is 14.4 Å². The van der Waals surface area contributed by atoms with Crippen molar-refractivity contribution in [3.05, 3.63) is 29.8 Å². The highest BCUT2D eigenvalue weighted by Crippen LogP contribution is 2.18. The number of carbonyl (C=O) groups excluding carboxylic acids is 1. The molecule has 0 N–H and O–H groups in total. The molecule has 1 aliphatic heterocycles. The first-order valence-corrected chi connectivity index (χ1v) is 7.23. The highest BCUT2D eigenvalue weighted by atomic mass is 79.9. The summed E-state index contributed by atoms with van der Waals surface area (Å²) in [6, 6.07) is 5.68. The Morgan fingerprint density at radius 1 is 1.45 bits per heavy atom. The number of nitrogens with zero attached hydrogens (tertiary/aromatic N) is 1. The minimum atomic E-state index is -2.87. The number of ether oxygens (including phenoxy) is 2. The van der Waals surface area contributed by atoms with Crippen molar-refractivity contribution in [1.82, 2.24) is 4.90 Å². The molecule has 4 nitrogen and oxygen atoms in total. The van der Waals surface area contributed by atoms with Gasteiger partial charge in [0.15, 0.2) is 0 Å². The van der Waals surface area contributed by atoms with Crippen LogP contribution in [0.3, 0.4) is 0 Å². The number of hydrogen-bond acceptors (Lipinski definition) is 3. The third-order valence-corrected chi connectivity index (χ3v) is 3.74. The van der Waals surface area contributed by atoms with Crippen molar-refractivity contribution in [3.8, 4) is 5.75 Å². The fourth-order valence-electron chi connectivity index (χ4n) is 1.99. The lowest BCUT2D eigenvalue weighted by molar-refractivity contribution is -0.0498. The summed E-state index contributed by atoms with van der Waals surface area (Å²) in [4.78, 5) is 14.1. The van der Waals surface area contributed by atoms with Gasteiger partial charge in [0.25, 0.3) is 5.91 Å². The maximum Gasteiger partial charge on any atom is 0.387 e. The van der Waals surface area contributed by atoms with E-state index in [1.807, 2.05) is 0 Å². The summed E-state index contributed by atoms with van der Waals surface area (Å²) in [5.74, 6) is -0.100. The third-order valence-electron chi connectivity index (χ3n) is 2.99. The number of halogens is 3. The molecule has 0 aliphatic carbocycles. The molecular formula is C13H14BrF2NO3. The van der Waals surface area contributed by atoms with Gasteiger partial charge in [0.05, 0.1) is 19.3 Å². The Bertz CT molecular complexity index is 455. The Morgan fingerprint density at radius 3 is 2.75 bits per heavy atom. The summed E-state index contributed by atoms with van der Waals surface area (Å²) in [6.07, 6.45) is 0. The van der Waals surface area contributed by atoms with Gasteiger partial charge in [0.2, 0.25) is 0 Å². The second kappa shape index (κ2) is 6.99. The smallest absolute Gasteiger partial charge is 0.387 e. The van der Waals surface area contributed by atoms with Crippen molar-refractivity contribution in [2.45, 2.75) is 12.7 Å². The minimum absolute atomic E-state index is 0.0201. The molecule has 0 bridgehead atoms. The predicted octanol–water partition coefficient (Wildman–Crippen LogP) is 2.52. The van der Waals surface area contributed by atoms with E-state index in [1.54, 1.807) is 4.90 Å². The average Bonchev–Trinajstić information content (AvgIpc) is 2.46. The van der Waals surface area contributed by atoms with Crippen LogP contribution in [-0.4, -0.2) is 48.5 Å². The maximum atomic E-state index is 12.4. The van der Waals surface area contributed by atoms with Crippen LogP contribution in [0.1, 0.15) is 10.4 Å². The van der Waals surface area contributed by atoms with Gasteiger partial charge in [-0.3, -0.25) is 4.79 Å². The molecule has 0 aromatic heterocycles. The van der Waals surface area contributed by atoms with Crippen LogP contribution in [-0.2, 0) is 4.74 Å². The summed E-state index contributed by atoms with van der Waals surface area (Å²) in [5, 5.41) is 0.630. The number of benzene rings is 1. The fourth-order valence-corrected chi connectivity index (χ4v) is 2.53. The van der Waals surface area contributed by atoms with Crippen LogP contribution >= 0.6 is 15.9 Å². The van der Waals surface area contributed by atoms with E-state index in [-0.39, 0.29) is 17.7 Å². The van der Waals surface area contributed by atoms with Gasteiger partial charge in [-0.05, 0) is 24.3 Å². The third kappa shape index (κ3) is 3.67. The normalized spacial score (nSPS) is 19.2. The molecule has 0 saturated carbocycles. The molecule has 1 heterocycles. The molecule has 1 amide bonds. The Kier molecular flexibility index (Phi) is 5.31. The van der Waals surface area contributed by atoms with E-state index in [0.717, 1.165) is 0 Å². The molecule has 110 valence electrons. The zero-order chi connectivity index (χ0) is 14.5. The largest absolute Gasteiger partial charge is 0.435 e. The fraction of sp³-hybridized carbons (Fsp3) is 0.462. The number of morpholine rings is 1. The van der Waals surface area contributed by atoms with Crippen LogP contribution in [0.5, 0.6) is 5.75 Å². The molecule has 20 heavy (non-hydrogen) atoms. The molecule has 1 atom stereocenters. The van der Waals surface area contributed by atoms with Gasteiger partial charge in [-0.1, -0.05) is 15.9 Å². The summed E-state index contributed by atoms with van der Waals surface area (Å²) >= 11 is 3.35. The van der Waals surface area contributed by atoms with E-state index in [2.05, 4.69) is 20.7 Å². The Hall–Kier alpha value is -1.21. The van der Waals surface area contributed by atoms with Gasteiger partial charge in [-0.2, -0.15) is 8.78 Å². The van der Waals surface area contributed by atoms with Crippen LogP contribution in [0.25, 0.3) is 0 Å². The van der Waals surface area contributed by atoms with Crippen LogP contribution in [0, 0.1) is 0 Å². The molecule has 0 radical (unpaired) electrons. The van der Waals surface area contributed by atoms with Crippen LogP contribution in [0.4, 0.5) is 8.78 Å².